The lowest BCUT2D eigenvalue weighted by molar-refractivity contribution is -0.115. The van der Waals surface area contributed by atoms with E-state index in [9.17, 15) is 13.2 Å². The Kier molecular flexibility index (Phi) is 4.51. The first-order chi connectivity index (χ1) is 12.5. The van der Waals surface area contributed by atoms with Gasteiger partial charge in [-0.25, -0.2) is 8.42 Å². The summed E-state index contributed by atoms with van der Waals surface area (Å²) in [5.41, 5.74) is 1.52. The molecule has 2 aromatic heterocycles. The van der Waals surface area contributed by atoms with Gasteiger partial charge in [0.15, 0.2) is 0 Å². The number of carbonyl (C=O) groups is 1. The summed E-state index contributed by atoms with van der Waals surface area (Å²) in [6.45, 7) is 1.15. The molecule has 3 aromatic rings. The number of sulfonamides is 1. The Bertz CT molecular complexity index is 1050. The first-order valence-electron chi connectivity index (χ1n) is 8.34. The summed E-state index contributed by atoms with van der Waals surface area (Å²) in [5, 5.41) is 10.6. The highest BCUT2D eigenvalue weighted by atomic mass is 32.2. The van der Waals surface area contributed by atoms with Gasteiger partial charge in [-0.1, -0.05) is 0 Å². The molecule has 1 fully saturated rings. The minimum atomic E-state index is -3.42. The fraction of sp³-hybridized carbons (Fsp3) is 0.294. The van der Waals surface area contributed by atoms with Gasteiger partial charge < -0.3 is 5.32 Å². The zero-order chi connectivity index (χ0) is 18.1. The molecular weight excluding hydrogens is 372 g/mol. The standard InChI is InChI=1S/C17H18N4O3S2/c22-16(19-13-4-3-12-11-18-20-15(12)9-13)10-14-5-6-17(25-14)26(23,24)21-7-1-2-8-21/h3-6,9,11H,1-2,7-8,10H2,(H,18,20)(H,19,22). The number of fused-ring (bicyclic) bond motifs is 1. The molecule has 0 radical (unpaired) electrons. The predicted molar refractivity (Wildman–Crippen MR) is 101 cm³/mol. The van der Waals surface area contributed by atoms with Gasteiger partial charge in [0.25, 0.3) is 10.0 Å². The number of H-pyrrole nitrogens is 1. The van der Waals surface area contributed by atoms with Crippen molar-refractivity contribution in [3.8, 4) is 0 Å². The van der Waals surface area contributed by atoms with Crippen molar-refractivity contribution in [1.29, 1.82) is 0 Å². The number of aromatic amines is 1. The van der Waals surface area contributed by atoms with Gasteiger partial charge in [0.2, 0.25) is 5.91 Å². The number of rotatable bonds is 5. The van der Waals surface area contributed by atoms with Gasteiger partial charge in [-0.3, -0.25) is 9.89 Å². The van der Waals surface area contributed by atoms with Crippen molar-refractivity contribution in [2.75, 3.05) is 18.4 Å². The van der Waals surface area contributed by atoms with Gasteiger partial charge in [0, 0.05) is 29.0 Å². The minimum absolute atomic E-state index is 0.140. The number of anilines is 1. The first kappa shape index (κ1) is 17.2. The number of nitrogens with zero attached hydrogens (tertiary/aromatic N) is 2. The lowest BCUT2D eigenvalue weighted by Crippen LogP contribution is -2.27. The molecule has 26 heavy (non-hydrogen) atoms. The second-order valence-electron chi connectivity index (χ2n) is 6.23. The number of carbonyl (C=O) groups excluding carboxylic acids is 1. The van der Waals surface area contributed by atoms with Crippen molar-refractivity contribution in [3.63, 3.8) is 0 Å². The van der Waals surface area contributed by atoms with Crippen LogP contribution in [0.4, 0.5) is 5.69 Å². The van der Waals surface area contributed by atoms with Crippen LogP contribution >= 0.6 is 11.3 Å². The second kappa shape index (κ2) is 6.82. The summed E-state index contributed by atoms with van der Waals surface area (Å²) in [6, 6.07) is 8.81. The molecule has 0 unspecified atom stereocenters. The van der Waals surface area contributed by atoms with Gasteiger partial charge in [-0.15, -0.1) is 11.3 Å². The topological polar surface area (TPSA) is 95.2 Å². The molecule has 1 aliphatic heterocycles. The zero-order valence-electron chi connectivity index (χ0n) is 13.9. The van der Waals surface area contributed by atoms with E-state index in [1.54, 1.807) is 18.3 Å². The van der Waals surface area contributed by atoms with Crippen LogP contribution in [0.1, 0.15) is 17.7 Å². The lowest BCUT2D eigenvalue weighted by atomic mass is 10.2. The van der Waals surface area contributed by atoms with Crippen LogP contribution in [0.2, 0.25) is 0 Å². The lowest BCUT2D eigenvalue weighted by Gasteiger charge is -2.13. The molecule has 0 aliphatic carbocycles. The van der Waals surface area contributed by atoms with Crippen LogP contribution in [0.15, 0.2) is 40.7 Å². The number of thiophene rings is 1. The molecule has 136 valence electrons. The molecule has 0 bridgehead atoms. The van der Waals surface area contributed by atoms with Crippen LogP contribution in [0.3, 0.4) is 0 Å². The van der Waals surface area contributed by atoms with Crippen molar-refractivity contribution >= 4 is 43.9 Å². The molecule has 4 rings (SSSR count). The van der Waals surface area contributed by atoms with Crippen molar-refractivity contribution in [2.45, 2.75) is 23.5 Å². The van der Waals surface area contributed by atoms with Crippen molar-refractivity contribution < 1.29 is 13.2 Å². The highest BCUT2D eigenvalue weighted by molar-refractivity contribution is 7.91. The van der Waals surface area contributed by atoms with Gasteiger partial charge in [-0.2, -0.15) is 9.40 Å². The molecule has 9 heteroatoms. The van der Waals surface area contributed by atoms with E-state index in [1.165, 1.54) is 4.31 Å². The Balaban J connectivity index is 1.44. The Morgan fingerprint density at radius 3 is 2.85 bits per heavy atom. The molecule has 2 N–H and O–H groups in total. The monoisotopic (exact) mass is 390 g/mol. The molecule has 3 heterocycles. The number of nitrogens with one attached hydrogen (secondary N) is 2. The summed E-state index contributed by atoms with van der Waals surface area (Å²) in [5.74, 6) is -0.184. The van der Waals surface area contributed by atoms with E-state index in [0.717, 1.165) is 40.0 Å². The molecule has 1 aliphatic rings. The van der Waals surface area contributed by atoms with Crippen molar-refractivity contribution in [3.05, 3.63) is 41.4 Å². The highest BCUT2D eigenvalue weighted by Gasteiger charge is 2.28. The van der Waals surface area contributed by atoms with E-state index in [4.69, 9.17) is 0 Å². The average Bonchev–Trinajstić information content (AvgIpc) is 3.35. The molecule has 0 atom stereocenters. The maximum Gasteiger partial charge on any atom is 0.252 e. The summed E-state index contributed by atoms with van der Waals surface area (Å²) < 4.78 is 26.9. The van der Waals surface area contributed by atoms with E-state index in [1.807, 2.05) is 18.2 Å². The zero-order valence-corrected chi connectivity index (χ0v) is 15.6. The van der Waals surface area contributed by atoms with Gasteiger partial charge in [-0.05, 0) is 43.2 Å². The van der Waals surface area contributed by atoms with Crippen LogP contribution in [0.5, 0.6) is 0 Å². The quantitative estimate of drug-likeness (QED) is 0.700. The highest BCUT2D eigenvalue weighted by Crippen LogP contribution is 2.28. The summed E-state index contributed by atoms with van der Waals surface area (Å²) in [4.78, 5) is 13.0. The van der Waals surface area contributed by atoms with Gasteiger partial charge in [0.05, 0.1) is 18.1 Å². The molecule has 1 amide bonds. The van der Waals surface area contributed by atoms with Crippen molar-refractivity contribution in [1.82, 2.24) is 14.5 Å². The number of amides is 1. The fourth-order valence-electron chi connectivity index (χ4n) is 3.03. The van der Waals surface area contributed by atoms with Crippen LogP contribution < -0.4 is 5.32 Å². The summed E-state index contributed by atoms with van der Waals surface area (Å²) in [7, 11) is -3.42. The number of hydrogen-bond donors (Lipinski definition) is 2. The Hall–Kier alpha value is -2.23. The van der Waals surface area contributed by atoms with E-state index >= 15 is 0 Å². The van der Waals surface area contributed by atoms with E-state index in [2.05, 4.69) is 15.5 Å². The van der Waals surface area contributed by atoms with Crippen molar-refractivity contribution in [2.24, 2.45) is 0 Å². The minimum Gasteiger partial charge on any atom is -0.326 e. The van der Waals surface area contributed by atoms with E-state index in [0.29, 0.717) is 23.0 Å². The van der Waals surface area contributed by atoms with Crippen LogP contribution in [0.25, 0.3) is 10.9 Å². The van der Waals surface area contributed by atoms with E-state index in [-0.39, 0.29) is 12.3 Å². The summed E-state index contributed by atoms with van der Waals surface area (Å²) in [6.07, 6.45) is 3.66. The normalized spacial score (nSPS) is 15.5. The molecule has 7 nitrogen and oxygen atoms in total. The van der Waals surface area contributed by atoms with E-state index < -0.39 is 10.0 Å². The second-order valence-corrected chi connectivity index (χ2v) is 9.56. The van der Waals surface area contributed by atoms with Gasteiger partial charge in [0.1, 0.15) is 4.21 Å². The summed E-state index contributed by atoms with van der Waals surface area (Å²) >= 11 is 1.16. The Morgan fingerprint density at radius 2 is 2.04 bits per heavy atom. The fourth-order valence-corrected chi connectivity index (χ4v) is 6.05. The van der Waals surface area contributed by atoms with Crippen LogP contribution in [-0.4, -0.2) is 41.9 Å². The maximum atomic E-state index is 12.5. The Labute approximate surface area is 155 Å². The third kappa shape index (κ3) is 3.37. The van der Waals surface area contributed by atoms with Crippen LogP contribution in [0, 0.1) is 0 Å². The molecular formula is C17H18N4O3S2. The number of aromatic nitrogens is 2. The van der Waals surface area contributed by atoms with Crippen LogP contribution in [-0.2, 0) is 21.2 Å². The maximum absolute atomic E-state index is 12.5. The third-order valence-electron chi connectivity index (χ3n) is 4.36. The molecule has 0 saturated carbocycles. The Morgan fingerprint density at radius 1 is 1.23 bits per heavy atom. The average molecular weight is 390 g/mol. The largest absolute Gasteiger partial charge is 0.326 e. The molecule has 0 spiro atoms. The molecule has 1 aromatic carbocycles. The SMILES string of the molecule is O=C(Cc1ccc(S(=O)(=O)N2CCCC2)s1)Nc1ccc2cn[nH]c2c1. The predicted octanol–water partition coefficient (Wildman–Crippen LogP) is 2.59. The smallest absolute Gasteiger partial charge is 0.252 e. The van der Waals surface area contributed by atoms with Gasteiger partial charge >= 0.3 is 0 Å². The first-order valence-corrected chi connectivity index (χ1v) is 10.6. The number of benzene rings is 1. The molecule has 1 saturated heterocycles. The number of hydrogen-bond acceptors (Lipinski definition) is 5. The third-order valence-corrected chi connectivity index (χ3v) is 7.81.